The zero-order valence-corrected chi connectivity index (χ0v) is 12.6. The van der Waals surface area contributed by atoms with Crippen LogP contribution < -0.4 is 15.2 Å². The number of halogens is 1. The predicted octanol–water partition coefficient (Wildman–Crippen LogP) is 1.69. The van der Waals surface area contributed by atoms with Crippen LogP contribution in [0.1, 0.15) is 23.2 Å². The highest BCUT2D eigenvalue weighted by molar-refractivity contribution is 5.98. The summed E-state index contributed by atoms with van der Waals surface area (Å²) >= 11 is 0. The zero-order chi connectivity index (χ0) is 13.8. The number of benzene rings is 1. The smallest absolute Gasteiger partial charge is 0.257 e. The largest absolute Gasteiger partial charge is 0.493 e. The summed E-state index contributed by atoms with van der Waals surface area (Å²) in [4.78, 5) is 14.3. The van der Waals surface area contributed by atoms with Gasteiger partial charge in [-0.2, -0.15) is 0 Å². The Balaban J connectivity index is 0.00000200. The molecule has 1 aromatic rings. The predicted molar refractivity (Wildman–Crippen MR) is 79.9 cm³/mol. The SMILES string of the molecule is COc1cccc(C(=O)N2CCC[C@@H](N)C2)c1OC.Cl. The third-order valence-electron chi connectivity index (χ3n) is 3.38. The maximum Gasteiger partial charge on any atom is 0.257 e. The Morgan fingerprint density at radius 3 is 2.70 bits per heavy atom. The Hall–Kier alpha value is -1.46. The number of ether oxygens (including phenoxy) is 2. The molecule has 0 radical (unpaired) electrons. The molecule has 0 spiro atoms. The lowest BCUT2D eigenvalue weighted by molar-refractivity contribution is 0.0704. The molecule has 0 saturated carbocycles. The number of para-hydroxylation sites is 1. The van der Waals surface area contributed by atoms with Crippen LogP contribution in [0.2, 0.25) is 0 Å². The number of hydrogen-bond donors (Lipinski definition) is 1. The van der Waals surface area contributed by atoms with Crippen molar-refractivity contribution in [2.75, 3.05) is 27.3 Å². The van der Waals surface area contributed by atoms with E-state index in [1.165, 1.54) is 7.11 Å². The summed E-state index contributed by atoms with van der Waals surface area (Å²) in [6.07, 6.45) is 1.91. The van der Waals surface area contributed by atoms with Crippen molar-refractivity contribution in [3.63, 3.8) is 0 Å². The molecule has 2 rings (SSSR count). The van der Waals surface area contributed by atoms with Crippen LogP contribution in [-0.2, 0) is 0 Å². The van der Waals surface area contributed by atoms with E-state index in [1.807, 2.05) is 0 Å². The van der Waals surface area contributed by atoms with Gasteiger partial charge >= 0.3 is 0 Å². The van der Waals surface area contributed by atoms with Crippen LogP contribution >= 0.6 is 12.4 Å². The lowest BCUT2D eigenvalue weighted by atomic mass is 10.0. The molecule has 5 nitrogen and oxygen atoms in total. The Kier molecular flexibility index (Phi) is 6.10. The molecule has 0 aliphatic carbocycles. The molecule has 112 valence electrons. The average molecular weight is 301 g/mol. The molecule has 1 fully saturated rings. The molecule has 1 heterocycles. The number of hydrogen-bond acceptors (Lipinski definition) is 4. The summed E-state index contributed by atoms with van der Waals surface area (Å²) in [7, 11) is 3.10. The van der Waals surface area contributed by atoms with Crippen LogP contribution in [0.4, 0.5) is 0 Å². The van der Waals surface area contributed by atoms with Crippen molar-refractivity contribution >= 4 is 18.3 Å². The van der Waals surface area contributed by atoms with Gasteiger partial charge in [0.15, 0.2) is 11.5 Å². The number of amides is 1. The van der Waals surface area contributed by atoms with Crippen LogP contribution in [0.3, 0.4) is 0 Å². The van der Waals surface area contributed by atoms with Crippen LogP contribution in [0.5, 0.6) is 11.5 Å². The number of likely N-dealkylation sites (tertiary alicyclic amines) is 1. The van der Waals surface area contributed by atoms with Crippen molar-refractivity contribution in [2.24, 2.45) is 5.73 Å². The summed E-state index contributed by atoms with van der Waals surface area (Å²) < 4.78 is 10.5. The van der Waals surface area contributed by atoms with Gasteiger partial charge in [-0.3, -0.25) is 4.79 Å². The second kappa shape index (κ2) is 7.36. The van der Waals surface area contributed by atoms with Crippen molar-refractivity contribution in [3.05, 3.63) is 23.8 Å². The van der Waals surface area contributed by atoms with Crippen LogP contribution in [-0.4, -0.2) is 44.2 Å². The molecule has 6 heteroatoms. The van der Waals surface area contributed by atoms with Crippen molar-refractivity contribution in [1.29, 1.82) is 0 Å². The molecule has 0 aromatic heterocycles. The molecule has 0 unspecified atom stereocenters. The minimum Gasteiger partial charge on any atom is -0.493 e. The van der Waals surface area contributed by atoms with Gasteiger partial charge in [0.05, 0.1) is 19.8 Å². The van der Waals surface area contributed by atoms with E-state index < -0.39 is 0 Å². The number of nitrogens with zero attached hydrogens (tertiary/aromatic N) is 1. The molecule has 20 heavy (non-hydrogen) atoms. The first kappa shape index (κ1) is 16.6. The maximum atomic E-state index is 12.5. The molecule has 1 aromatic carbocycles. The fourth-order valence-electron chi connectivity index (χ4n) is 2.42. The van der Waals surface area contributed by atoms with Crippen molar-refractivity contribution in [2.45, 2.75) is 18.9 Å². The normalized spacial score (nSPS) is 18.1. The average Bonchev–Trinajstić information content (AvgIpc) is 2.45. The summed E-state index contributed by atoms with van der Waals surface area (Å²) in [5.41, 5.74) is 6.44. The molecule has 1 atom stereocenters. The summed E-state index contributed by atoms with van der Waals surface area (Å²) in [6.45, 7) is 1.34. The highest BCUT2D eigenvalue weighted by Gasteiger charge is 2.25. The number of nitrogens with two attached hydrogens (primary N) is 1. The third-order valence-corrected chi connectivity index (χ3v) is 3.38. The van der Waals surface area contributed by atoms with Crippen LogP contribution in [0.15, 0.2) is 18.2 Å². The van der Waals surface area contributed by atoms with Crippen molar-refractivity contribution in [1.82, 2.24) is 4.90 Å². The summed E-state index contributed by atoms with van der Waals surface area (Å²) in [6, 6.07) is 5.38. The van der Waals surface area contributed by atoms with Gasteiger partial charge in [0.1, 0.15) is 0 Å². The second-order valence-electron chi connectivity index (χ2n) is 4.69. The first-order valence-corrected chi connectivity index (χ1v) is 6.43. The van der Waals surface area contributed by atoms with E-state index in [0.29, 0.717) is 23.6 Å². The van der Waals surface area contributed by atoms with E-state index in [2.05, 4.69) is 0 Å². The molecule has 1 amide bonds. The Bertz CT molecular complexity index is 468. The van der Waals surface area contributed by atoms with Gasteiger partial charge in [-0.05, 0) is 25.0 Å². The van der Waals surface area contributed by atoms with Crippen LogP contribution in [0, 0.1) is 0 Å². The fourth-order valence-corrected chi connectivity index (χ4v) is 2.42. The molecular formula is C14H21ClN2O3. The highest BCUT2D eigenvalue weighted by Crippen LogP contribution is 2.31. The van der Waals surface area contributed by atoms with Crippen molar-refractivity contribution in [3.8, 4) is 11.5 Å². The number of carbonyl (C=O) groups excluding carboxylic acids is 1. The van der Waals surface area contributed by atoms with Gasteiger partial charge in [-0.15, -0.1) is 12.4 Å². The summed E-state index contributed by atoms with van der Waals surface area (Å²) in [5, 5.41) is 0. The van der Waals surface area contributed by atoms with Gasteiger partial charge < -0.3 is 20.1 Å². The lowest BCUT2D eigenvalue weighted by Crippen LogP contribution is -2.45. The first-order chi connectivity index (χ1) is 9.17. The van der Waals surface area contributed by atoms with Crippen LogP contribution in [0.25, 0.3) is 0 Å². The van der Waals surface area contributed by atoms with Gasteiger partial charge in [0.25, 0.3) is 5.91 Å². The molecule has 1 aliphatic rings. The van der Waals surface area contributed by atoms with E-state index in [4.69, 9.17) is 15.2 Å². The standard InChI is InChI=1S/C14H20N2O3.ClH/c1-18-12-7-3-6-11(13(12)19-2)14(17)16-8-4-5-10(15)9-16;/h3,6-7,10H,4-5,8-9,15H2,1-2H3;1H/t10-;/m1./s1. The van der Waals surface area contributed by atoms with E-state index in [0.717, 1.165) is 19.4 Å². The minimum absolute atomic E-state index is 0. The Morgan fingerprint density at radius 1 is 1.35 bits per heavy atom. The fraction of sp³-hybridized carbons (Fsp3) is 0.500. The number of piperidine rings is 1. The maximum absolute atomic E-state index is 12.5. The Morgan fingerprint density at radius 2 is 2.10 bits per heavy atom. The third kappa shape index (κ3) is 3.35. The molecule has 1 aliphatic heterocycles. The van der Waals surface area contributed by atoms with Gasteiger partial charge in [-0.1, -0.05) is 6.07 Å². The lowest BCUT2D eigenvalue weighted by Gasteiger charge is -2.31. The Labute approximate surface area is 125 Å². The first-order valence-electron chi connectivity index (χ1n) is 6.43. The second-order valence-corrected chi connectivity index (χ2v) is 4.69. The van der Waals surface area contributed by atoms with E-state index in [9.17, 15) is 4.79 Å². The topological polar surface area (TPSA) is 64.8 Å². The number of carbonyl (C=O) groups is 1. The van der Waals surface area contributed by atoms with E-state index in [1.54, 1.807) is 30.2 Å². The summed E-state index contributed by atoms with van der Waals surface area (Å²) in [5.74, 6) is 0.995. The van der Waals surface area contributed by atoms with Gasteiger partial charge in [-0.25, -0.2) is 0 Å². The number of rotatable bonds is 3. The highest BCUT2D eigenvalue weighted by atomic mass is 35.5. The minimum atomic E-state index is -0.0501. The van der Waals surface area contributed by atoms with E-state index in [-0.39, 0.29) is 24.4 Å². The molecule has 0 bridgehead atoms. The number of methoxy groups -OCH3 is 2. The zero-order valence-electron chi connectivity index (χ0n) is 11.8. The molecule has 1 saturated heterocycles. The molecular weight excluding hydrogens is 280 g/mol. The van der Waals surface area contributed by atoms with E-state index >= 15 is 0 Å². The monoisotopic (exact) mass is 300 g/mol. The van der Waals surface area contributed by atoms with Gasteiger partial charge in [0.2, 0.25) is 0 Å². The quantitative estimate of drug-likeness (QED) is 0.922. The van der Waals surface area contributed by atoms with Crippen molar-refractivity contribution < 1.29 is 14.3 Å². The van der Waals surface area contributed by atoms with Gasteiger partial charge in [0, 0.05) is 19.1 Å². The molecule has 2 N–H and O–H groups in total.